The maximum Gasteiger partial charge on any atom is 0.270 e. The first-order valence-electron chi connectivity index (χ1n) is 9.78. The molecule has 0 spiro atoms. The second kappa shape index (κ2) is 8.34. The van der Waals surface area contributed by atoms with Gasteiger partial charge in [0.15, 0.2) is 0 Å². The van der Waals surface area contributed by atoms with Crippen molar-refractivity contribution < 1.29 is 4.79 Å². The van der Waals surface area contributed by atoms with Gasteiger partial charge in [0.2, 0.25) is 0 Å². The summed E-state index contributed by atoms with van der Waals surface area (Å²) in [5, 5.41) is 7.70. The maximum atomic E-state index is 13.1. The van der Waals surface area contributed by atoms with Gasteiger partial charge in [0, 0.05) is 37.6 Å². The van der Waals surface area contributed by atoms with Crippen molar-refractivity contribution >= 4 is 40.5 Å². The number of nitrogens with zero attached hydrogens (tertiary/aromatic N) is 4. The molecule has 1 amide bonds. The molecule has 0 N–H and O–H groups in total. The number of rotatable bonds is 3. The van der Waals surface area contributed by atoms with Crippen molar-refractivity contribution in [3.05, 3.63) is 63.6 Å². The van der Waals surface area contributed by atoms with Crippen LogP contribution in [0.4, 0.5) is 5.69 Å². The SMILES string of the molecule is Cc1ccc(C2CC(C(=O)N3CCN(C)CC3)=NN2c2ccc(Cl)cc2Cl)cc1. The van der Waals surface area contributed by atoms with Gasteiger partial charge in [0.25, 0.3) is 5.91 Å². The average molecular weight is 431 g/mol. The number of carbonyl (C=O) groups is 1. The van der Waals surface area contributed by atoms with Crippen molar-refractivity contribution in [2.24, 2.45) is 5.10 Å². The summed E-state index contributed by atoms with van der Waals surface area (Å²) in [5.41, 5.74) is 3.62. The Morgan fingerprint density at radius 2 is 1.72 bits per heavy atom. The minimum atomic E-state index is -0.0827. The summed E-state index contributed by atoms with van der Waals surface area (Å²) >= 11 is 12.6. The molecule has 2 aromatic carbocycles. The zero-order valence-corrected chi connectivity index (χ0v) is 18.1. The van der Waals surface area contributed by atoms with Gasteiger partial charge in [-0.05, 0) is 37.7 Å². The Kier molecular flexibility index (Phi) is 5.81. The zero-order valence-electron chi connectivity index (χ0n) is 16.6. The van der Waals surface area contributed by atoms with Crippen molar-refractivity contribution in [2.75, 3.05) is 38.2 Å². The van der Waals surface area contributed by atoms with E-state index in [1.807, 2.05) is 16.0 Å². The molecule has 0 aromatic heterocycles. The van der Waals surface area contributed by atoms with E-state index in [-0.39, 0.29) is 11.9 Å². The summed E-state index contributed by atoms with van der Waals surface area (Å²) in [6.07, 6.45) is 0.549. The van der Waals surface area contributed by atoms with E-state index >= 15 is 0 Å². The van der Waals surface area contributed by atoms with Gasteiger partial charge in [-0.1, -0.05) is 53.0 Å². The fourth-order valence-electron chi connectivity index (χ4n) is 3.77. The van der Waals surface area contributed by atoms with Gasteiger partial charge in [-0.3, -0.25) is 9.80 Å². The predicted octanol–water partition coefficient (Wildman–Crippen LogP) is 4.38. The highest BCUT2D eigenvalue weighted by Crippen LogP contribution is 2.40. The van der Waals surface area contributed by atoms with Crippen LogP contribution < -0.4 is 5.01 Å². The number of halogens is 2. The molecule has 0 aliphatic carbocycles. The lowest BCUT2D eigenvalue weighted by Crippen LogP contribution is -2.49. The molecule has 0 bridgehead atoms. The second-order valence-electron chi connectivity index (χ2n) is 7.71. The molecule has 1 unspecified atom stereocenters. The lowest BCUT2D eigenvalue weighted by atomic mass is 9.99. The molecule has 2 heterocycles. The van der Waals surface area contributed by atoms with E-state index < -0.39 is 0 Å². The summed E-state index contributed by atoms with van der Waals surface area (Å²) < 4.78 is 0. The first-order valence-corrected chi connectivity index (χ1v) is 10.5. The maximum absolute atomic E-state index is 13.1. The number of hydrogen-bond donors (Lipinski definition) is 0. The number of amides is 1. The minimum Gasteiger partial charge on any atom is -0.335 e. The third kappa shape index (κ3) is 4.27. The molecule has 152 valence electrons. The van der Waals surface area contributed by atoms with E-state index in [4.69, 9.17) is 28.3 Å². The van der Waals surface area contributed by atoms with Gasteiger partial charge in [0.05, 0.1) is 16.8 Å². The van der Waals surface area contributed by atoms with Crippen LogP contribution in [0.5, 0.6) is 0 Å². The van der Waals surface area contributed by atoms with Crippen LogP contribution in [0, 0.1) is 6.92 Å². The molecule has 2 aliphatic rings. The van der Waals surface area contributed by atoms with Gasteiger partial charge >= 0.3 is 0 Å². The van der Waals surface area contributed by atoms with Crippen LogP contribution in [0.15, 0.2) is 47.6 Å². The van der Waals surface area contributed by atoms with E-state index in [0.29, 0.717) is 22.2 Å². The predicted molar refractivity (Wildman–Crippen MR) is 119 cm³/mol. The number of carbonyl (C=O) groups excluding carboxylic acids is 1. The van der Waals surface area contributed by atoms with E-state index in [9.17, 15) is 4.79 Å². The standard InChI is InChI=1S/C22H24Cl2N4O/c1-15-3-5-16(6-4-15)21-14-19(22(29)27-11-9-26(2)10-12-27)25-28(21)20-8-7-17(23)13-18(20)24/h3-8,13,21H,9-12,14H2,1-2H3. The molecule has 0 radical (unpaired) electrons. The monoisotopic (exact) mass is 430 g/mol. The van der Waals surface area contributed by atoms with Crippen LogP contribution >= 0.6 is 23.2 Å². The topological polar surface area (TPSA) is 39.2 Å². The molecular weight excluding hydrogens is 407 g/mol. The van der Waals surface area contributed by atoms with Gasteiger partial charge in [0.1, 0.15) is 5.71 Å². The number of anilines is 1. The van der Waals surface area contributed by atoms with Gasteiger partial charge in [-0.2, -0.15) is 5.10 Å². The first-order chi connectivity index (χ1) is 13.9. The van der Waals surface area contributed by atoms with Crippen LogP contribution in [0.1, 0.15) is 23.6 Å². The third-order valence-corrected chi connectivity index (χ3v) is 6.10. The molecule has 2 aromatic rings. The van der Waals surface area contributed by atoms with E-state index in [0.717, 1.165) is 37.4 Å². The Morgan fingerprint density at radius 3 is 2.38 bits per heavy atom. The Hall–Kier alpha value is -2.08. The van der Waals surface area contributed by atoms with Crippen LogP contribution in [-0.4, -0.2) is 54.6 Å². The average Bonchev–Trinajstić information content (AvgIpc) is 3.13. The number of hydrogen-bond acceptors (Lipinski definition) is 4. The van der Waals surface area contributed by atoms with E-state index in [1.165, 1.54) is 5.56 Å². The quantitative estimate of drug-likeness (QED) is 0.724. The van der Waals surface area contributed by atoms with Crippen LogP contribution in [0.3, 0.4) is 0 Å². The van der Waals surface area contributed by atoms with E-state index in [2.05, 4.69) is 43.1 Å². The number of piperazine rings is 1. The van der Waals surface area contributed by atoms with E-state index in [1.54, 1.807) is 12.1 Å². The van der Waals surface area contributed by atoms with Crippen LogP contribution in [0.25, 0.3) is 0 Å². The lowest BCUT2D eigenvalue weighted by Gasteiger charge is -2.32. The fourth-order valence-corrected chi connectivity index (χ4v) is 4.26. The van der Waals surface area contributed by atoms with Crippen molar-refractivity contribution in [1.29, 1.82) is 0 Å². The molecule has 5 nitrogen and oxygen atoms in total. The molecule has 4 rings (SSSR count). The highest BCUT2D eigenvalue weighted by molar-refractivity contribution is 6.40. The Bertz CT molecular complexity index is 936. The normalized spacial score (nSPS) is 20.1. The van der Waals surface area contributed by atoms with Crippen molar-refractivity contribution in [1.82, 2.24) is 9.80 Å². The molecular formula is C22H24Cl2N4O. The molecule has 2 aliphatic heterocycles. The summed E-state index contributed by atoms with van der Waals surface area (Å²) in [7, 11) is 2.08. The van der Waals surface area contributed by atoms with Crippen molar-refractivity contribution in [3.8, 4) is 0 Å². The fraction of sp³-hybridized carbons (Fsp3) is 0.364. The summed E-state index contributed by atoms with van der Waals surface area (Å²) in [5.74, 6) is 0.0165. The molecule has 7 heteroatoms. The molecule has 1 atom stereocenters. The van der Waals surface area contributed by atoms with Gasteiger partial charge in [-0.15, -0.1) is 0 Å². The highest BCUT2D eigenvalue weighted by atomic mass is 35.5. The summed E-state index contributed by atoms with van der Waals surface area (Å²) in [6, 6.07) is 13.6. The van der Waals surface area contributed by atoms with Crippen LogP contribution in [0.2, 0.25) is 10.0 Å². The number of benzene rings is 2. The summed E-state index contributed by atoms with van der Waals surface area (Å²) in [4.78, 5) is 17.3. The lowest BCUT2D eigenvalue weighted by molar-refractivity contribution is -0.125. The number of likely N-dealkylation sites (N-methyl/N-ethyl adjacent to an activating group) is 1. The first kappa shape index (κ1) is 20.2. The Labute approximate surface area is 181 Å². The highest BCUT2D eigenvalue weighted by Gasteiger charge is 2.35. The largest absolute Gasteiger partial charge is 0.335 e. The Balaban J connectivity index is 1.66. The Morgan fingerprint density at radius 1 is 1.03 bits per heavy atom. The summed E-state index contributed by atoms with van der Waals surface area (Å²) in [6.45, 7) is 5.28. The smallest absolute Gasteiger partial charge is 0.270 e. The molecule has 1 fully saturated rings. The molecule has 1 saturated heterocycles. The van der Waals surface area contributed by atoms with Gasteiger partial charge < -0.3 is 9.80 Å². The minimum absolute atomic E-state index is 0.0165. The van der Waals surface area contributed by atoms with Crippen molar-refractivity contribution in [2.45, 2.75) is 19.4 Å². The molecule has 0 saturated carbocycles. The van der Waals surface area contributed by atoms with Crippen LogP contribution in [-0.2, 0) is 4.79 Å². The zero-order chi connectivity index (χ0) is 20.5. The second-order valence-corrected chi connectivity index (χ2v) is 8.56. The van der Waals surface area contributed by atoms with Gasteiger partial charge in [-0.25, -0.2) is 0 Å². The number of hydrazone groups is 1. The molecule has 29 heavy (non-hydrogen) atoms. The third-order valence-electron chi connectivity index (χ3n) is 5.57. The van der Waals surface area contributed by atoms with Crippen molar-refractivity contribution in [3.63, 3.8) is 0 Å². The number of aryl methyl sites for hydroxylation is 1.